The highest BCUT2D eigenvalue weighted by molar-refractivity contribution is 5.76. The Hall–Kier alpha value is -2.33. The van der Waals surface area contributed by atoms with Crippen LogP contribution in [0, 0.1) is 0 Å². The first kappa shape index (κ1) is 13.6. The number of aromatic nitrogens is 2. The second-order valence-electron chi connectivity index (χ2n) is 4.92. The lowest BCUT2D eigenvalue weighted by atomic mass is 10.2. The largest absolute Gasteiger partial charge is 0.497 e. The van der Waals surface area contributed by atoms with Gasteiger partial charge < -0.3 is 14.4 Å². The second kappa shape index (κ2) is 5.97. The number of benzene rings is 2. The molecule has 0 aliphatic rings. The number of imidazole rings is 1. The minimum absolute atomic E-state index is 0.103. The van der Waals surface area contributed by atoms with Gasteiger partial charge in [0.1, 0.15) is 11.6 Å². The molecule has 0 fully saturated rings. The Balaban J connectivity index is 1.99. The third-order valence-electron chi connectivity index (χ3n) is 3.57. The first-order valence-electron chi connectivity index (χ1n) is 7.00. The van der Waals surface area contributed by atoms with E-state index < -0.39 is 0 Å². The topological polar surface area (TPSA) is 47.3 Å². The van der Waals surface area contributed by atoms with Crippen LogP contribution in [-0.4, -0.2) is 28.4 Å². The molecular weight excluding hydrogens is 264 g/mol. The van der Waals surface area contributed by atoms with E-state index in [0.717, 1.165) is 29.2 Å². The minimum atomic E-state index is 0.103. The summed E-state index contributed by atoms with van der Waals surface area (Å²) in [6.45, 7) is 0.839. The highest BCUT2D eigenvalue weighted by Crippen LogP contribution is 2.19. The van der Waals surface area contributed by atoms with Crippen LogP contribution in [0.15, 0.2) is 48.5 Å². The van der Waals surface area contributed by atoms with E-state index in [1.807, 2.05) is 30.3 Å². The lowest BCUT2D eigenvalue weighted by molar-refractivity contribution is 0.295. The maximum Gasteiger partial charge on any atom is 0.118 e. The van der Waals surface area contributed by atoms with Crippen LogP contribution in [0.4, 0.5) is 0 Å². The number of ether oxygens (including phenoxy) is 1. The van der Waals surface area contributed by atoms with Crippen molar-refractivity contribution in [3.63, 3.8) is 0 Å². The summed E-state index contributed by atoms with van der Waals surface area (Å²) >= 11 is 0. The Morgan fingerprint density at radius 3 is 2.57 bits per heavy atom. The van der Waals surface area contributed by atoms with Crippen LogP contribution in [0.5, 0.6) is 5.75 Å². The van der Waals surface area contributed by atoms with Gasteiger partial charge in [0.05, 0.1) is 24.8 Å². The fraction of sp³-hybridized carbons (Fsp3) is 0.235. The summed E-state index contributed by atoms with van der Waals surface area (Å²) in [6, 6.07) is 16.1. The van der Waals surface area contributed by atoms with Crippen molar-refractivity contribution in [1.29, 1.82) is 0 Å². The Morgan fingerprint density at radius 2 is 1.86 bits per heavy atom. The molecule has 2 aromatic carbocycles. The summed E-state index contributed by atoms with van der Waals surface area (Å²) in [5.41, 5.74) is 3.24. The van der Waals surface area contributed by atoms with Crippen molar-refractivity contribution in [2.75, 3.05) is 13.7 Å². The van der Waals surface area contributed by atoms with Crippen molar-refractivity contribution in [1.82, 2.24) is 9.55 Å². The number of nitrogens with zero attached hydrogens (tertiary/aromatic N) is 2. The van der Waals surface area contributed by atoms with Crippen molar-refractivity contribution in [2.24, 2.45) is 0 Å². The van der Waals surface area contributed by atoms with Gasteiger partial charge in [-0.05, 0) is 29.8 Å². The first-order chi connectivity index (χ1) is 10.3. The number of aliphatic hydroxyl groups is 1. The summed E-state index contributed by atoms with van der Waals surface area (Å²) in [5, 5.41) is 9.23. The standard InChI is InChI=1S/C17H18N2O2/c1-21-14-8-6-13(7-9-14)12-19-16-5-3-2-4-15(16)18-17(19)10-11-20/h2-9,20H,10-12H2,1H3. The van der Waals surface area contributed by atoms with Gasteiger partial charge in [0, 0.05) is 13.0 Å². The van der Waals surface area contributed by atoms with E-state index in [-0.39, 0.29) is 6.61 Å². The van der Waals surface area contributed by atoms with Gasteiger partial charge in [0.2, 0.25) is 0 Å². The molecule has 0 radical (unpaired) electrons. The Kier molecular flexibility index (Phi) is 3.88. The maximum absolute atomic E-state index is 9.23. The Bertz CT molecular complexity index is 732. The fourth-order valence-corrected chi connectivity index (χ4v) is 2.51. The molecule has 4 nitrogen and oxygen atoms in total. The van der Waals surface area contributed by atoms with Gasteiger partial charge in [-0.1, -0.05) is 24.3 Å². The van der Waals surface area contributed by atoms with Gasteiger partial charge >= 0.3 is 0 Å². The van der Waals surface area contributed by atoms with Crippen LogP contribution in [0.3, 0.4) is 0 Å². The number of para-hydroxylation sites is 2. The highest BCUT2D eigenvalue weighted by atomic mass is 16.5. The molecule has 3 rings (SSSR count). The van der Waals surface area contributed by atoms with Gasteiger partial charge in [0.15, 0.2) is 0 Å². The summed E-state index contributed by atoms with van der Waals surface area (Å²) in [6.07, 6.45) is 0.560. The highest BCUT2D eigenvalue weighted by Gasteiger charge is 2.10. The zero-order valence-electron chi connectivity index (χ0n) is 12.0. The van der Waals surface area contributed by atoms with Crippen molar-refractivity contribution in [2.45, 2.75) is 13.0 Å². The molecule has 0 bridgehead atoms. The van der Waals surface area contributed by atoms with E-state index in [9.17, 15) is 5.11 Å². The van der Waals surface area contributed by atoms with Crippen molar-refractivity contribution < 1.29 is 9.84 Å². The zero-order valence-corrected chi connectivity index (χ0v) is 12.0. The minimum Gasteiger partial charge on any atom is -0.497 e. The molecule has 0 amide bonds. The molecule has 0 saturated heterocycles. The third kappa shape index (κ3) is 2.76. The van der Waals surface area contributed by atoms with E-state index in [1.54, 1.807) is 7.11 Å². The Morgan fingerprint density at radius 1 is 1.10 bits per heavy atom. The van der Waals surface area contributed by atoms with Gasteiger partial charge in [0.25, 0.3) is 0 Å². The van der Waals surface area contributed by atoms with E-state index in [4.69, 9.17) is 4.74 Å². The van der Waals surface area contributed by atoms with Crippen molar-refractivity contribution in [3.05, 3.63) is 59.9 Å². The molecular formula is C17H18N2O2. The second-order valence-corrected chi connectivity index (χ2v) is 4.92. The quantitative estimate of drug-likeness (QED) is 0.782. The number of aliphatic hydroxyl groups excluding tert-OH is 1. The predicted molar refractivity (Wildman–Crippen MR) is 82.6 cm³/mol. The van der Waals surface area contributed by atoms with E-state index in [0.29, 0.717) is 6.42 Å². The van der Waals surface area contributed by atoms with Crippen LogP contribution < -0.4 is 4.74 Å². The summed E-state index contributed by atoms with van der Waals surface area (Å²) < 4.78 is 7.34. The van der Waals surface area contributed by atoms with E-state index in [2.05, 4.69) is 27.8 Å². The SMILES string of the molecule is COc1ccc(Cn2c(CCO)nc3ccccc32)cc1. The molecule has 4 heteroatoms. The average Bonchev–Trinajstić information content (AvgIpc) is 2.86. The smallest absolute Gasteiger partial charge is 0.118 e. The molecule has 0 unspecified atom stereocenters. The number of hydrogen-bond donors (Lipinski definition) is 1. The molecule has 1 heterocycles. The number of fused-ring (bicyclic) bond motifs is 1. The number of hydrogen-bond acceptors (Lipinski definition) is 3. The van der Waals surface area contributed by atoms with Gasteiger partial charge in [-0.3, -0.25) is 0 Å². The van der Waals surface area contributed by atoms with Crippen molar-refractivity contribution in [3.8, 4) is 5.75 Å². The van der Waals surface area contributed by atoms with Gasteiger partial charge in [-0.25, -0.2) is 4.98 Å². The normalized spacial score (nSPS) is 11.0. The van der Waals surface area contributed by atoms with Crippen LogP contribution in [0.25, 0.3) is 11.0 Å². The van der Waals surface area contributed by atoms with Crippen LogP contribution in [0.2, 0.25) is 0 Å². The lowest BCUT2D eigenvalue weighted by Gasteiger charge is -2.09. The van der Waals surface area contributed by atoms with E-state index in [1.165, 1.54) is 5.56 Å². The zero-order chi connectivity index (χ0) is 14.7. The van der Waals surface area contributed by atoms with Gasteiger partial charge in [-0.15, -0.1) is 0 Å². The van der Waals surface area contributed by atoms with Crippen LogP contribution in [-0.2, 0) is 13.0 Å². The molecule has 3 aromatic rings. The van der Waals surface area contributed by atoms with Crippen LogP contribution in [0.1, 0.15) is 11.4 Å². The lowest BCUT2D eigenvalue weighted by Crippen LogP contribution is -2.07. The third-order valence-corrected chi connectivity index (χ3v) is 3.57. The monoisotopic (exact) mass is 282 g/mol. The average molecular weight is 282 g/mol. The molecule has 0 aliphatic carbocycles. The summed E-state index contributed by atoms with van der Waals surface area (Å²) in [4.78, 5) is 4.61. The molecule has 0 atom stereocenters. The maximum atomic E-state index is 9.23. The fourth-order valence-electron chi connectivity index (χ4n) is 2.51. The molecule has 0 spiro atoms. The van der Waals surface area contributed by atoms with E-state index >= 15 is 0 Å². The number of rotatable bonds is 5. The first-order valence-corrected chi connectivity index (χ1v) is 7.00. The molecule has 1 aromatic heterocycles. The van der Waals surface area contributed by atoms with Gasteiger partial charge in [-0.2, -0.15) is 0 Å². The van der Waals surface area contributed by atoms with Crippen molar-refractivity contribution >= 4 is 11.0 Å². The van der Waals surface area contributed by atoms with Crippen LogP contribution >= 0.6 is 0 Å². The summed E-state index contributed by atoms with van der Waals surface area (Å²) in [7, 11) is 1.66. The predicted octanol–water partition coefficient (Wildman–Crippen LogP) is 2.63. The molecule has 0 saturated carbocycles. The molecule has 1 N–H and O–H groups in total. The molecule has 21 heavy (non-hydrogen) atoms. The Labute approximate surface area is 123 Å². The molecule has 0 aliphatic heterocycles. The summed E-state index contributed by atoms with van der Waals surface area (Å²) in [5.74, 6) is 1.76. The number of methoxy groups -OCH3 is 1. The molecule has 108 valence electrons.